The molecule has 5 nitrogen and oxygen atoms in total. The normalized spacial score (nSPS) is 20.1. The molecule has 0 amide bonds. The highest BCUT2D eigenvalue weighted by Gasteiger charge is 2.35. The van der Waals surface area contributed by atoms with Crippen LogP contribution in [0.15, 0.2) is 46.2 Å². The maximum absolute atomic E-state index is 10.3. The van der Waals surface area contributed by atoms with Gasteiger partial charge in [-0.3, -0.25) is 4.90 Å². The van der Waals surface area contributed by atoms with E-state index in [1.54, 1.807) is 18.4 Å². The van der Waals surface area contributed by atoms with E-state index in [0.717, 1.165) is 61.0 Å². The number of methoxy groups -OCH3 is 1. The lowest BCUT2D eigenvalue weighted by Crippen LogP contribution is -2.46. The monoisotopic (exact) mass is 412 g/mol. The average molecular weight is 413 g/mol. The van der Waals surface area contributed by atoms with Gasteiger partial charge in [0.2, 0.25) is 5.89 Å². The van der Waals surface area contributed by atoms with Gasteiger partial charge in [-0.1, -0.05) is 18.2 Å². The van der Waals surface area contributed by atoms with Crippen molar-refractivity contribution in [1.29, 1.82) is 0 Å². The van der Waals surface area contributed by atoms with E-state index in [0.29, 0.717) is 5.89 Å². The number of aliphatic hydroxyl groups is 1. The van der Waals surface area contributed by atoms with Crippen molar-refractivity contribution in [1.82, 2.24) is 9.88 Å². The summed E-state index contributed by atoms with van der Waals surface area (Å²) in [7, 11) is 1.69. The predicted octanol–water partition coefficient (Wildman–Crippen LogP) is 4.54. The number of aromatic nitrogens is 1. The van der Waals surface area contributed by atoms with E-state index < -0.39 is 0 Å². The summed E-state index contributed by atoms with van der Waals surface area (Å²) in [6.45, 7) is 4.78. The van der Waals surface area contributed by atoms with Crippen molar-refractivity contribution in [3.63, 3.8) is 0 Å². The van der Waals surface area contributed by atoms with E-state index in [2.05, 4.69) is 17.0 Å². The molecule has 0 unspecified atom stereocenters. The molecule has 2 aromatic heterocycles. The lowest BCUT2D eigenvalue weighted by molar-refractivity contribution is 0.0282. The molecule has 0 bridgehead atoms. The lowest BCUT2D eigenvalue weighted by Gasteiger charge is -2.42. The Balaban J connectivity index is 1.48. The minimum atomic E-state index is -0.140. The first-order valence-corrected chi connectivity index (χ1v) is 11.0. The van der Waals surface area contributed by atoms with Crippen LogP contribution < -0.4 is 4.74 Å². The summed E-state index contributed by atoms with van der Waals surface area (Å²) in [6, 6.07) is 12.2. The van der Waals surface area contributed by atoms with Gasteiger partial charge in [0, 0.05) is 18.5 Å². The SMILES string of the molecule is COc1cccc(C[C@@]2(CO)CCCN(Cc3nc(-c4cccs4)oc3C)C2)c1. The third-order valence-electron chi connectivity index (χ3n) is 5.79. The first-order valence-electron chi connectivity index (χ1n) is 10.1. The number of nitrogens with zero attached hydrogens (tertiary/aromatic N) is 2. The van der Waals surface area contributed by atoms with Crippen molar-refractivity contribution in [2.75, 3.05) is 26.8 Å². The summed E-state index contributed by atoms with van der Waals surface area (Å²) in [6.07, 6.45) is 2.93. The molecule has 3 aromatic rings. The number of thiophene rings is 1. The average Bonchev–Trinajstić information content (AvgIpc) is 3.39. The Bertz CT molecular complexity index is 938. The maximum atomic E-state index is 10.3. The number of piperidine rings is 1. The molecule has 29 heavy (non-hydrogen) atoms. The van der Waals surface area contributed by atoms with Crippen molar-refractivity contribution in [3.8, 4) is 16.5 Å². The Morgan fingerprint density at radius 2 is 2.21 bits per heavy atom. The summed E-state index contributed by atoms with van der Waals surface area (Å²) in [5.41, 5.74) is 2.06. The van der Waals surface area contributed by atoms with Gasteiger partial charge in [-0.05, 0) is 61.9 Å². The number of aliphatic hydroxyl groups excluding tert-OH is 1. The topological polar surface area (TPSA) is 58.7 Å². The van der Waals surface area contributed by atoms with Crippen LogP contribution in [0.25, 0.3) is 10.8 Å². The Hall–Kier alpha value is -2.15. The molecule has 1 atom stereocenters. The van der Waals surface area contributed by atoms with E-state index >= 15 is 0 Å². The summed E-state index contributed by atoms with van der Waals surface area (Å²) in [5.74, 6) is 2.44. The Labute approximate surface area is 176 Å². The highest BCUT2D eigenvalue weighted by molar-refractivity contribution is 7.13. The molecule has 0 radical (unpaired) electrons. The standard InChI is InChI=1S/C23H28N2O3S/c1-17-20(24-22(28-17)21-8-4-11-29-21)14-25-10-5-9-23(15-25,16-26)13-18-6-3-7-19(12-18)27-2/h3-4,6-8,11-12,26H,5,9-10,13-16H2,1-2H3/t23-/m0/s1. The molecule has 1 aliphatic heterocycles. The van der Waals surface area contributed by atoms with E-state index in [9.17, 15) is 5.11 Å². The minimum absolute atomic E-state index is 0.140. The number of ether oxygens (including phenoxy) is 1. The van der Waals surface area contributed by atoms with Crippen molar-refractivity contribution >= 4 is 11.3 Å². The van der Waals surface area contributed by atoms with Crippen LogP contribution in [0.4, 0.5) is 0 Å². The van der Waals surface area contributed by atoms with Crippen LogP contribution in [-0.4, -0.2) is 41.8 Å². The zero-order chi connectivity index (χ0) is 20.3. The summed E-state index contributed by atoms with van der Waals surface area (Å²) >= 11 is 1.64. The van der Waals surface area contributed by atoms with Gasteiger partial charge in [0.05, 0.1) is 24.3 Å². The fourth-order valence-electron chi connectivity index (χ4n) is 4.28. The smallest absolute Gasteiger partial charge is 0.236 e. The molecule has 1 aromatic carbocycles. The number of hydrogen-bond donors (Lipinski definition) is 1. The summed E-state index contributed by atoms with van der Waals surface area (Å²) in [4.78, 5) is 8.21. The van der Waals surface area contributed by atoms with Gasteiger partial charge in [0.15, 0.2) is 0 Å². The number of rotatable bonds is 7. The molecule has 154 valence electrons. The molecule has 1 saturated heterocycles. The molecular weight excluding hydrogens is 384 g/mol. The minimum Gasteiger partial charge on any atom is -0.497 e. The third kappa shape index (κ3) is 4.55. The van der Waals surface area contributed by atoms with Gasteiger partial charge in [-0.25, -0.2) is 4.98 Å². The van der Waals surface area contributed by atoms with E-state index in [1.807, 2.05) is 36.6 Å². The first kappa shape index (κ1) is 20.1. The highest BCUT2D eigenvalue weighted by Crippen LogP contribution is 2.35. The van der Waals surface area contributed by atoms with Crippen molar-refractivity contribution in [2.45, 2.75) is 32.7 Å². The van der Waals surface area contributed by atoms with Gasteiger partial charge < -0.3 is 14.3 Å². The summed E-state index contributed by atoms with van der Waals surface area (Å²) in [5, 5.41) is 12.3. The molecule has 6 heteroatoms. The van der Waals surface area contributed by atoms with E-state index in [1.165, 1.54) is 5.56 Å². The number of oxazole rings is 1. The number of hydrogen-bond acceptors (Lipinski definition) is 6. The Kier molecular flexibility index (Phi) is 6.04. The predicted molar refractivity (Wildman–Crippen MR) is 115 cm³/mol. The van der Waals surface area contributed by atoms with Crippen LogP contribution in [0.1, 0.15) is 29.9 Å². The largest absolute Gasteiger partial charge is 0.497 e. The van der Waals surface area contributed by atoms with Gasteiger partial charge in [0.1, 0.15) is 11.5 Å². The second-order valence-electron chi connectivity index (χ2n) is 8.00. The highest BCUT2D eigenvalue weighted by atomic mass is 32.1. The van der Waals surface area contributed by atoms with Gasteiger partial charge >= 0.3 is 0 Å². The van der Waals surface area contributed by atoms with Crippen LogP contribution in [0, 0.1) is 12.3 Å². The van der Waals surface area contributed by atoms with Crippen molar-refractivity contribution in [2.24, 2.45) is 5.41 Å². The van der Waals surface area contributed by atoms with Crippen molar-refractivity contribution < 1.29 is 14.3 Å². The van der Waals surface area contributed by atoms with Crippen LogP contribution >= 0.6 is 11.3 Å². The number of benzene rings is 1. The first-order chi connectivity index (χ1) is 14.1. The summed E-state index contributed by atoms with van der Waals surface area (Å²) < 4.78 is 11.3. The van der Waals surface area contributed by atoms with Crippen molar-refractivity contribution in [3.05, 3.63) is 58.8 Å². The van der Waals surface area contributed by atoms with Crippen LogP contribution in [-0.2, 0) is 13.0 Å². The maximum Gasteiger partial charge on any atom is 0.236 e. The lowest BCUT2D eigenvalue weighted by atomic mass is 9.75. The molecule has 1 fully saturated rings. The zero-order valence-corrected chi connectivity index (χ0v) is 17.9. The van der Waals surface area contributed by atoms with Gasteiger partial charge in [0.25, 0.3) is 0 Å². The van der Waals surface area contributed by atoms with Crippen LogP contribution in [0.2, 0.25) is 0 Å². The Morgan fingerprint density at radius 3 is 2.97 bits per heavy atom. The molecule has 1 N–H and O–H groups in total. The second kappa shape index (κ2) is 8.69. The Morgan fingerprint density at radius 1 is 1.31 bits per heavy atom. The van der Waals surface area contributed by atoms with Crippen LogP contribution in [0.3, 0.4) is 0 Å². The third-order valence-corrected chi connectivity index (χ3v) is 6.65. The molecule has 0 aliphatic carbocycles. The molecule has 0 saturated carbocycles. The molecule has 3 heterocycles. The molecule has 1 aliphatic rings. The van der Waals surface area contributed by atoms with Crippen LogP contribution in [0.5, 0.6) is 5.75 Å². The molecular formula is C23H28N2O3S. The second-order valence-corrected chi connectivity index (χ2v) is 8.95. The quantitative estimate of drug-likeness (QED) is 0.617. The fourth-order valence-corrected chi connectivity index (χ4v) is 4.93. The van der Waals surface area contributed by atoms with Gasteiger partial charge in [-0.2, -0.15) is 0 Å². The molecule has 0 spiro atoms. The number of aryl methyl sites for hydroxylation is 1. The molecule has 4 rings (SSSR count). The van der Waals surface area contributed by atoms with Gasteiger partial charge in [-0.15, -0.1) is 11.3 Å². The zero-order valence-electron chi connectivity index (χ0n) is 17.1. The van der Waals surface area contributed by atoms with E-state index in [-0.39, 0.29) is 12.0 Å². The fraction of sp³-hybridized carbons (Fsp3) is 0.435. The number of likely N-dealkylation sites (tertiary alicyclic amines) is 1. The van der Waals surface area contributed by atoms with E-state index in [4.69, 9.17) is 14.1 Å².